The molecule has 0 bridgehead atoms. The van der Waals surface area contributed by atoms with Crippen molar-refractivity contribution in [3.63, 3.8) is 0 Å². The molecule has 0 N–H and O–H groups in total. The molecule has 1 nitrogen and oxygen atoms in total. The predicted octanol–water partition coefficient (Wildman–Crippen LogP) is 5.79. The van der Waals surface area contributed by atoms with E-state index >= 15 is 0 Å². The van der Waals surface area contributed by atoms with Crippen LogP contribution in [-0.4, -0.2) is 6.36 Å². The van der Waals surface area contributed by atoms with E-state index < -0.39 is 6.36 Å². The summed E-state index contributed by atoms with van der Waals surface area (Å²) in [6, 6.07) is 13.4. The average Bonchev–Trinajstić information content (AvgIpc) is 2.52. The fourth-order valence-electron chi connectivity index (χ4n) is 2.02. The molecular formula is C19H17F3O. The van der Waals surface area contributed by atoms with Gasteiger partial charge in [0.15, 0.2) is 0 Å². The maximum absolute atomic E-state index is 12.1. The summed E-state index contributed by atoms with van der Waals surface area (Å²) >= 11 is 0. The molecule has 0 spiro atoms. The molecule has 0 fully saturated rings. The second-order valence-corrected chi connectivity index (χ2v) is 5.05. The Bertz CT molecular complexity index is 674. The highest BCUT2D eigenvalue weighted by Crippen LogP contribution is 2.26. The van der Waals surface area contributed by atoms with Crippen LogP contribution >= 0.6 is 0 Å². The van der Waals surface area contributed by atoms with Crippen LogP contribution in [0, 0.1) is 11.8 Å². The largest absolute Gasteiger partial charge is 0.573 e. The average molecular weight is 318 g/mol. The minimum Gasteiger partial charge on any atom is -0.406 e. The van der Waals surface area contributed by atoms with Crippen LogP contribution in [0.2, 0.25) is 0 Å². The Morgan fingerprint density at radius 1 is 0.913 bits per heavy atom. The molecule has 0 atom stereocenters. The second kappa shape index (κ2) is 7.73. The first kappa shape index (κ1) is 17.0. The maximum atomic E-state index is 12.1. The van der Waals surface area contributed by atoms with Crippen molar-refractivity contribution < 1.29 is 17.9 Å². The van der Waals surface area contributed by atoms with Gasteiger partial charge in [-0.3, -0.25) is 0 Å². The summed E-state index contributed by atoms with van der Waals surface area (Å²) in [5, 5.41) is 0. The molecule has 0 radical (unpaired) electrons. The highest BCUT2D eigenvalue weighted by atomic mass is 19.4. The first-order valence-corrected chi connectivity index (χ1v) is 7.43. The van der Waals surface area contributed by atoms with Gasteiger partial charge in [0.1, 0.15) is 5.75 Å². The summed E-state index contributed by atoms with van der Waals surface area (Å²) in [4.78, 5) is 0. The lowest BCUT2D eigenvalue weighted by Gasteiger charge is -2.09. The third-order valence-corrected chi connectivity index (χ3v) is 3.19. The molecule has 0 unspecified atom stereocenters. The van der Waals surface area contributed by atoms with Gasteiger partial charge in [-0.2, -0.15) is 0 Å². The number of alkyl halides is 3. The lowest BCUT2D eigenvalue weighted by molar-refractivity contribution is -0.274. The van der Waals surface area contributed by atoms with Crippen molar-refractivity contribution in [2.45, 2.75) is 32.5 Å². The molecule has 4 heteroatoms. The molecule has 0 amide bonds. The highest BCUT2D eigenvalue weighted by Gasteiger charge is 2.30. The van der Waals surface area contributed by atoms with Crippen molar-refractivity contribution in [3.05, 3.63) is 54.1 Å². The van der Waals surface area contributed by atoms with Crippen LogP contribution in [0.15, 0.2) is 48.5 Å². The summed E-state index contributed by atoms with van der Waals surface area (Å²) < 4.78 is 40.2. The monoisotopic (exact) mass is 318 g/mol. The van der Waals surface area contributed by atoms with Crippen molar-refractivity contribution in [1.29, 1.82) is 0 Å². The van der Waals surface area contributed by atoms with Crippen LogP contribution in [0.25, 0.3) is 11.1 Å². The van der Waals surface area contributed by atoms with Crippen molar-refractivity contribution in [3.8, 4) is 28.7 Å². The van der Waals surface area contributed by atoms with E-state index in [0.717, 1.165) is 36.0 Å². The van der Waals surface area contributed by atoms with Gasteiger partial charge in [-0.25, -0.2) is 0 Å². The highest BCUT2D eigenvalue weighted by molar-refractivity contribution is 5.65. The summed E-state index contributed by atoms with van der Waals surface area (Å²) in [7, 11) is 0. The minimum absolute atomic E-state index is 0.223. The molecule has 2 aromatic rings. The topological polar surface area (TPSA) is 9.23 Å². The zero-order chi connectivity index (χ0) is 16.7. The number of ether oxygens (including phenoxy) is 1. The quantitative estimate of drug-likeness (QED) is 0.512. The molecule has 0 aliphatic rings. The smallest absolute Gasteiger partial charge is 0.406 e. The molecule has 2 aromatic carbocycles. The van der Waals surface area contributed by atoms with Crippen LogP contribution < -0.4 is 4.74 Å². The molecular weight excluding hydrogens is 301 g/mol. The molecule has 0 saturated carbocycles. The van der Waals surface area contributed by atoms with Crippen molar-refractivity contribution in [1.82, 2.24) is 0 Å². The Morgan fingerprint density at radius 2 is 1.48 bits per heavy atom. The zero-order valence-corrected chi connectivity index (χ0v) is 12.8. The first-order valence-electron chi connectivity index (χ1n) is 7.43. The van der Waals surface area contributed by atoms with Gasteiger partial charge in [-0.15, -0.1) is 13.2 Å². The van der Waals surface area contributed by atoms with Gasteiger partial charge in [0, 0.05) is 12.0 Å². The number of hydrogen-bond acceptors (Lipinski definition) is 1. The van der Waals surface area contributed by atoms with Gasteiger partial charge in [0.25, 0.3) is 0 Å². The van der Waals surface area contributed by atoms with Gasteiger partial charge in [-0.05, 0) is 41.8 Å². The van der Waals surface area contributed by atoms with Crippen LogP contribution in [0.1, 0.15) is 31.7 Å². The minimum atomic E-state index is -4.67. The standard InChI is InChI=1S/C19H17F3O/c1-2-3-4-5-6-15-7-9-16(10-8-15)17-11-13-18(14-12-17)23-19(20,21)22/h7-14H,2-4H2,1H3. The third kappa shape index (κ3) is 5.71. The van der Waals surface area contributed by atoms with E-state index in [1.54, 1.807) is 12.1 Å². The van der Waals surface area contributed by atoms with Crippen molar-refractivity contribution in [2.75, 3.05) is 0 Å². The third-order valence-electron chi connectivity index (χ3n) is 3.19. The van der Waals surface area contributed by atoms with Gasteiger partial charge in [-0.1, -0.05) is 49.5 Å². The molecule has 2 rings (SSSR count). The fraction of sp³-hybridized carbons (Fsp3) is 0.263. The lowest BCUT2D eigenvalue weighted by atomic mass is 10.0. The summed E-state index contributed by atoms with van der Waals surface area (Å²) in [6.07, 6.45) is -1.56. The molecule has 0 aromatic heterocycles. The second-order valence-electron chi connectivity index (χ2n) is 5.05. The number of unbranched alkanes of at least 4 members (excludes halogenated alkanes) is 2. The number of halogens is 3. The summed E-state index contributed by atoms with van der Waals surface area (Å²) in [6.45, 7) is 2.13. The van der Waals surface area contributed by atoms with Crippen molar-refractivity contribution in [2.24, 2.45) is 0 Å². The van der Waals surface area contributed by atoms with Crippen LogP contribution in [-0.2, 0) is 0 Å². The number of rotatable bonds is 4. The Kier molecular flexibility index (Phi) is 5.70. The van der Waals surface area contributed by atoms with Gasteiger partial charge in [0.05, 0.1) is 0 Å². The van der Waals surface area contributed by atoms with E-state index in [2.05, 4.69) is 23.5 Å². The normalized spacial score (nSPS) is 10.8. The number of benzene rings is 2. The molecule has 23 heavy (non-hydrogen) atoms. The van der Waals surface area contributed by atoms with E-state index in [0.29, 0.717) is 0 Å². The predicted molar refractivity (Wildman–Crippen MR) is 85.0 cm³/mol. The lowest BCUT2D eigenvalue weighted by Crippen LogP contribution is -2.16. The Balaban J connectivity index is 2.05. The Labute approximate surface area is 134 Å². The van der Waals surface area contributed by atoms with E-state index in [1.165, 1.54) is 12.1 Å². The van der Waals surface area contributed by atoms with Crippen LogP contribution in [0.3, 0.4) is 0 Å². The van der Waals surface area contributed by atoms with E-state index in [-0.39, 0.29) is 5.75 Å². The molecule has 0 aliphatic heterocycles. The maximum Gasteiger partial charge on any atom is 0.573 e. The van der Waals surface area contributed by atoms with Crippen LogP contribution in [0.4, 0.5) is 13.2 Å². The van der Waals surface area contributed by atoms with Gasteiger partial charge in [0.2, 0.25) is 0 Å². The van der Waals surface area contributed by atoms with E-state index in [1.807, 2.05) is 24.3 Å². The van der Waals surface area contributed by atoms with Crippen LogP contribution in [0.5, 0.6) is 5.75 Å². The fourth-order valence-corrected chi connectivity index (χ4v) is 2.02. The van der Waals surface area contributed by atoms with Gasteiger partial charge < -0.3 is 4.74 Å². The van der Waals surface area contributed by atoms with Gasteiger partial charge >= 0.3 is 6.36 Å². The summed E-state index contributed by atoms with van der Waals surface area (Å²) in [5.74, 6) is 5.99. The Hall–Kier alpha value is -2.41. The van der Waals surface area contributed by atoms with Crippen molar-refractivity contribution >= 4 is 0 Å². The number of hydrogen-bond donors (Lipinski definition) is 0. The zero-order valence-electron chi connectivity index (χ0n) is 12.8. The van der Waals surface area contributed by atoms with E-state index in [4.69, 9.17) is 0 Å². The SMILES string of the molecule is CCCCC#Cc1ccc(-c2ccc(OC(F)(F)F)cc2)cc1. The first-order chi connectivity index (χ1) is 11.0. The molecule has 0 saturated heterocycles. The molecule has 0 aliphatic carbocycles. The Morgan fingerprint density at radius 3 is 2.00 bits per heavy atom. The molecule has 0 heterocycles. The summed E-state index contributed by atoms with van der Waals surface area (Å²) in [5.41, 5.74) is 2.68. The molecule has 120 valence electrons. The van der Waals surface area contributed by atoms with E-state index in [9.17, 15) is 13.2 Å².